The Morgan fingerprint density at radius 3 is 1.67 bits per heavy atom. The van der Waals surface area contributed by atoms with Gasteiger partial charge >= 0.3 is 0 Å². The monoisotopic (exact) mass is 221 g/mol. The van der Waals surface area contributed by atoms with Crippen molar-refractivity contribution >= 4 is 0 Å². The Morgan fingerprint density at radius 2 is 1.33 bits per heavy atom. The van der Waals surface area contributed by atoms with Crippen LogP contribution in [-0.2, 0) is 9.47 Å². The van der Waals surface area contributed by atoms with Crippen LogP contribution in [0.5, 0.6) is 0 Å². The summed E-state index contributed by atoms with van der Waals surface area (Å²) in [4.78, 5) is 0. The molecule has 2 atom stereocenters. The van der Waals surface area contributed by atoms with Crippen LogP contribution in [0, 0.1) is 0 Å². The second-order valence-corrected chi connectivity index (χ2v) is 3.60. The van der Waals surface area contributed by atoms with Gasteiger partial charge in [-0.3, -0.25) is 0 Å². The van der Waals surface area contributed by atoms with Gasteiger partial charge in [0.25, 0.3) is 0 Å². The zero-order chi connectivity index (χ0) is 11.5. The van der Waals surface area contributed by atoms with Crippen LogP contribution in [0.1, 0.15) is 13.8 Å². The lowest BCUT2D eigenvalue weighted by atomic mass is 10.4. The largest absolute Gasteiger partial charge is 0.391 e. The van der Waals surface area contributed by atoms with Gasteiger partial charge in [-0.1, -0.05) is 0 Å². The molecule has 0 fully saturated rings. The van der Waals surface area contributed by atoms with Crippen molar-refractivity contribution in [3.8, 4) is 0 Å². The predicted molar refractivity (Wildman–Crippen MR) is 57.9 cm³/mol. The number of ether oxygens (including phenoxy) is 2. The molecule has 0 rings (SSSR count). The van der Waals surface area contributed by atoms with E-state index in [1.807, 2.05) is 0 Å². The molecule has 15 heavy (non-hydrogen) atoms. The molecule has 0 radical (unpaired) electrons. The van der Waals surface area contributed by atoms with Crippen molar-refractivity contribution in [2.45, 2.75) is 26.1 Å². The van der Waals surface area contributed by atoms with E-state index in [0.717, 1.165) is 13.1 Å². The Balaban J connectivity index is 2.93. The topological polar surface area (TPSA) is 71.0 Å². The van der Waals surface area contributed by atoms with Crippen molar-refractivity contribution in [1.82, 2.24) is 5.32 Å². The molecule has 0 aromatic carbocycles. The lowest BCUT2D eigenvalue weighted by Crippen LogP contribution is -2.26. The lowest BCUT2D eigenvalue weighted by Gasteiger charge is -2.08. The van der Waals surface area contributed by atoms with Crippen LogP contribution in [0.3, 0.4) is 0 Å². The molecule has 0 heterocycles. The molecule has 3 N–H and O–H groups in total. The van der Waals surface area contributed by atoms with Gasteiger partial charge in [-0.25, -0.2) is 0 Å². The Hall–Kier alpha value is -0.200. The van der Waals surface area contributed by atoms with Crippen LogP contribution in [0.4, 0.5) is 0 Å². The molecule has 0 spiro atoms. The van der Waals surface area contributed by atoms with Crippen molar-refractivity contribution in [1.29, 1.82) is 0 Å². The van der Waals surface area contributed by atoms with Gasteiger partial charge in [-0.15, -0.1) is 0 Å². The number of hydrogen-bond acceptors (Lipinski definition) is 5. The summed E-state index contributed by atoms with van der Waals surface area (Å²) < 4.78 is 10.3. The van der Waals surface area contributed by atoms with E-state index in [-0.39, 0.29) is 0 Å². The summed E-state index contributed by atoms with van der Waals surface area (Å²) in [6, 6.07) is 0. The van der Waals surface area contributed by atoms with Crippen LogP contribution in [-0.4, -0.2) is 61.9 Å². The lowest BCUT2D eigenvalue weighted by molar-refractivity contribution is 0.0404. The highest BCUT2D eigenvalue weighted by atomic mass is 16.5. The summed E-state index contributed by atoms with van der Waals surface area (Å²) in [5.74, 6) is 0. The van der Waals surface area contributed by atoms with Gasteiger partial charge in [0.05, 0.1) is 38.6 Å². The van der Waals surface area contributed by atoms with Crippen LogP contribution in [0.2, 0.25) is 0 Å². The molecule has 0 aliphatic carbocycles. The Labute approximate surface area is 91.4 Å². The number of nitrogens with one attached hydrogen (secondary N) is 1. The fourth-order valence-corrected chi connectivity index (χ4v) is 0.921. The standard InChI is InChI=1S/C10H23NO4/c1-9(12)7-14-5-3-11-4-6-15-8-10(2)13/h9-13H,3-8H2,1-2H3/t9-,10-/m0/s1. The first-order chi connectivity index (χ1) is 7.13. The fraction of sp³-hybridized carbons (Fsp3) is 1.00. The Bertz CT molecular complexity index is 117. The van der Waals surface area contributed by atoms with Gasteiger partial charge in [-0.05, 0) is 13.8 Å². The van der Waals surface area contributed by atoms with E-state index < -0.39 is 12.2 Å². The predicted octanol–water partition coefficient (Wildman–Crippen LogP) is -0.629. The highest BCUT2D eigenvalue weighted by molar-refractivity contribution is 4.48. The maximum atomic E-state index is 8.89. The van der Waals surface area contributed by atoms with Crippen molar-refractivity contribution in [3.63, 3.8) is 0 Å². The molecule has 0 amide bonds. The molecule has 0 bridgehead atoms. The summed E-state index contributed by atoms with van der Waals surface area (Å²) in [5, 5.41) is 20.9. The van der Waals surface area contributed by atoms with Crippen LogP contribution in [0.25, 0.3) is 0 Å². The molecule has 0 unspecified atom stereocenters. The highest BCUT2D eigenvalue weighted by Gasteiger charge is 1.96. The molecule has 0 saturated carbocycles. The summed E-state index contributed by atoms with van der Waals surface area (Å²) >= 11 is 0. The fourth-order valence-electron chi connectivity index (χ4n) is 0.921. The average Bonchev–Trinajstić information content (AvgIpc) is 2.14. The molecule has 5 nitrogen and oxygen atoms in total. The maximum Gasteiger partial charge on any atom is 0.0745 e. The number of rotatable bonds is 10. The van der Waals surface area contributed by atoms with E-state index in [9.17, 15) is 0 Å². The quantitative estimate of drug-likeness (QED) is 0.429. The Morgan fingerprint density at radius 1 is 0.933 bits per heavy atom. The number of aliphatic hydroxyl groups excluding tert-OH is 2. The first kappa shape index (κ1) is 14.8. The number of aliphatic hydroxyl groups is 2. The van der Waals surface area contributed by atoms with Gasteiger partial charge in [0.15, 0.2) is 0 Å². The molecular formula is C10H23NO4. The second kappa shape index (κ2) is 10.3. The summed E-state index contributed by atoms with van der Waals surface area (Å²) in [6.45, 7) is 6.78. The zero-order valence-corrected chi connectivity index (χ0v) is 9.61. The summed E-state index contributed by atoms with van der Waals surface area (Å²) in [7, 11) is 0. The van der Waals surface area contributed by atoms with E-state index in [1.54, 1.807) is 13.8 Å². The molecule has 0 aliphatic heterocycles. The molecule has 0 aromatic heterocycles. The summed E-state index contributed by atoms with van der Waals surface area (Å²) in [5.41, 5.74) is 0. The first-order valence-electron chi connectivity index (χ1n) is 5.35. The maximum absolute atomic E-state index is 8.89. The van der Waals surface area contributed by atoms with E-state index in [4.69, 9.17) is 19.7 Å². The minimum absolute atomic E-state index is 0.375. The second-order valence-electron chi connectivity index (χ2n) is 3.60. The highest BCUT2D eigenvalue weighted by Crippen LogP contribution is 1.82. The van der Waals surface area contributed by atoms with Crippen LogP contribution in [0.15, 0.2) is 0 Å². The Kier molecular flexibility index (Phi) is 10.2. The molecule has 5 heteroatoms. The van der Waals surface area contributed by atoms with E-state index in [1.165, 1.54) is 0 Å². The van der Waals surface area contributed by atoms with Gasteiger partial charge in [0, 0.05) is 13.1 Å². The minimum atomic E-state index is -0.403. The van der Waals surface area contributed by atoms with Crippen molar-refractivity contribution in [3.05, 3.63) is 0 Å². The molecule has 0 saturated heterocycles. The summed E-state index contributed by atoms with van der Waals surface area (Å²) in [6.07, 6.45) is -0.807. The van der Waals surface area contributed by atoms with Crippen LogP contribution >= 0.6 is 0 Å². The SMILES string of the molecule is C[C@H](O)COCCNCCOC[C@H](C)O. The number of hydrogen-bond donors (Lipinski definition) is 3. The molecule has 0 aliphatic rings. The molecular weight excluding hydrogens is 198 g/mol. The smallest absolute Gasteiger partial charge is 0.0745 e. The average molecular weight is 221 g/mol. The molecule has 0 aromatic rings. The third-order valence-electron chi connectivity index (χ3n) is 1.56. The zero-order valence-electron chi connectivity index (χ0n) is 9.61. The first-order valence-corrected chi connectivity index (χ1v) is 5.35. The van der Waals surface area contributed by atoms with Gasteiger partial charge in [-0.2, -0.15) is 0 Å². The van der Waals surface area contributed by atoms with Crippen molar-refractivity contribution < 1.29 is 19.7 Å². The van der Waals surface area contributed by atoms with E-state index in [2.05, 4.69) is 5.32 Å². The van der Waals surface area contributed by atoms with Crippen LogP contribution < -0.4 is 5.32 Å². The molecule has 92 valence electrons. The third-order valence-corrected chi connectivity index (χ3v) is 1.56. The van der Waals surface area contributed by atoms with Crippen molar-refractivity contribution in [2.24, 2.45) is 0 Å². The normalized spacial score (nSPS) is 15.2. The minimum Gasteiger partial charge on any atom is -0.391 e. The van der Waals surface area contributed by atoms with Gasteiger partial charge in [0.2, 0.25) is 0 Å². The third kappa shape index (κ3) is 13.8. The van der Waals surface area contributed by atoms with Gasteiger partial charge < -0.3 is 25.0 Å². The van der Waals surface area contributed by atoms with Crippen molar-refractivity contribution in [2.75, 3.05) is 39.5 Å². The van der Waals surface area contributed by atoms with E-state index in [0.29, 0.717) is 26.4 Å². The van der Waals surface area contributed by atoms with E-state index >= 15 is 0 Å². The van der Waals surface area contributed by atoms with Gasteiger partial charge in [0.1, 0.15) is 0 Å².